The number of nitrogens with zero attached hydrogens (tertiary/aromatic N) is 3. The Bertz CT molecular complexity index is 932. The lowest BCUT2D eigenvalue weighted by Crippen LogP contribution is -2.50. The number of methoxy groups -OCH3 is 2. The lowest BCUT2D eigenvalue weighted by Gasteiger charge is -2.27. The summed E-state index contributed by atoms with van der Waals surface area (Å²) in [6.07, 6.45) is 1.27. The van der Waals surface area contributed by atoms with Gasteiger partial charge in [0.05, 0.1) is 24.9 Å². The molecule has 0 saturated carbocycles. The van der Waals surface area contributed by atoms with E-state index in [0.29, 0.717) is 31.0 Å². The summed E-state index contributed by atoms with van der Waals surface area (Å²) in [5.74, 6) is 0.948. The van der Waals surface area contributed by atoms with Crippen molar-refractivity contribution in [3.63, 3.8) is 0 Å². The van der Waals surface area contributed by atoms with Gasteiger partial charge in [-0.05, 0) is 31.0 Å². The second-order valence-corrected chi connectivity index (χ2v) is 9.02. The molecule has 8 nitrogen and oxygen atoms in total. The summed E-state index contributed by atoms with van der Waals surface area (Å²) in [7, 11) is 3.16. The van der Waals surface area contributed by atoms with Crippen molar-refractivity contribution in [2.75, 3.05) is 40.4 Å². The first-order valence-electron chi connectivity index (χ1n) is 10.8. The number of hydrogen-bond acceptors (Lipinski definition) is 7. The molecule has 1 saturated heterocycles. The van der Waals surface area contributed by atoms with Gasteiger partial charge in [0.2, 0.25) is 11.8 Å². The van der Waals surface area contributed by atoms with Crippen molar-refractivity contribution in [1.29, 1.82) is 0 Å². The fraction of sp³-hybridized carbons (Fsp3) is 0.522. The van der Waals surface area contributed by atoms with Crippen LogP contribution in [0.25, 0.3) is 0 Å². The molecular formula is C23H32N4O4S. The zero-order valence-electron chi connectivity index (χ0n) is 19.2. The normalized spacial score (nSPS) is 15.7. The molecule has 1 atom stereocenters. The van der Waals surface area contributed by atoms with Crippen LogP contribution in [0.2, 0.25) is 0 Å². The molecule has 1 aromatic carbocycles. The number of nitrogens with one attached hydrogen (secondary N) is 1. The number of carbonyl (C=O) groups is 2. The Morgan fingerprint density at radius 1 is 1.16 bits per heavy atom. The summed E-state index contributed by atoms with van der Waals surface area (Å²) in [6.45, 7) is 7.25. The number of amides is 2. The lowest BCUT2D eigenvalue weighted by atomic mass is 10.0. The lowest BCUT2D eigenvalue weighted by molar-refractivity contribution is -0.136. The summed E-state index contributed by atoms with van der Waals surface area (Å²) in [6, 6.07) is 4.93. The third-order valence-electron chi connectivity index (χ3n) is 5.52. The van der Waals surface area contributed by atoms with Crippen molar-refractivity contribution in [3.05, 3.63) is 39.8 Å². The number of rotatable bonds is 8. The van der Waals surface area contributed by atoms with E-state index in [2.05, 4.69) is 20.6 Å². The van der Waals surface area contributed by atoms with Crippen molar-refractivity contribution in [2.24, 2.45) is 0 Å². The van der Waals surface area contributed by atoms with Crippen LogP contribution in [0.1, 0.15) is 29.6 Å². The SMILES string of the molecule is COc1ccc(CC(NC(C)=O)C(=O)N2CCCN(Cc3csc(C)n3)CC2)cc1OC. The van der Waals surface area contributed by atoms with Crippen LogP contribution in [-0.4, -0.2) is 73.0 Å². The molecule has 2 aromatic rings. The summed E-state index contributed by atoms with van der Waals surface area (Å²) < 4.78 is 10.7. The summed E-state index contributed by atoms with van der Waals surface area (Å²) >= 11 is 1.66. The van der Waals surface area contributed by atoms with Crippen LogP contribution < -0.4 is 14.8 Å². The minimum Gasteiger partial charge on any atom is -0.493 e. The van der Waals surface area contributed by atoms with E-state index in [1.165, 1.54) is 6.92 Å². The Morgan fingerprint density at radius 2 is 1.94 bits per heavy atom. The van der Waals surface area contributed by atoms with E-state index in [9.17, 15) is 9.59 Å². The van der Waals surface area contributed by atoms with Crippen LogP contribution >= 0.6 is 11.3 Å². The molecule has 1 N–H and O–H groups in total. The van der Waals surface area contributed by atoms with E-state index in [4.69, 9.17) is 9.47 Å². The molecule has 1 fully saturated rings. The van der Waals surface area contributed by atoms with Gasteiger partial charge in [0.15, 0.2) is 11.5 Å². The number of benzene rings is 1. The highest BCUT2D eigenvalue weighted by molar-refractivity contribution is 7.09. The molecule has 0 bridgehead atoms. The molecule has 2 amide bonds. The van der Waals surface area contributed by atoms with Gasteiger partial charge < -0.3 is 19.7 Å². The van der Waals surface area contributed by atoms with Gasteiger partial charge in [-0.1, -0.05) is 6.07 Å². The number of thiazole rings is 1. The molecule has 0 radical (unpaired) electrons. The van der Waals surface area contributed by atoms with Crippen molar-refractivity contribution >= 4 is 23.2 Å². The van der Waals surface area contributed by atoms with E-state index >= 15 is 0 Å². The van der Waals surface area contributed by atoms with Crippen LogP contribution in [0.15, 0.2) is 23.6 Å². The predicted octanol–water partition coefficient (Wildman–Crippen LogP) is 2.25. The monoisotopic (exact) mass is 460 g/mol. The fourth-order valence-electron chi connectivity index (χ4n) is 3.97. The molecule has 2 heterocycles. The van der Waals surface area contributed by atoms with Gasteiger partial charge in [-0.3, -0.25) is 14.5 Å². The number of ether oxygens (including phenoxy) is 2. The van der Waals surface area contributed by atoms with Gasteiger partial charge in [0, 0.05) is 51.4 Å². The van der Waals surface area contributed by atoms with Crippen LogP contribution in [0, 0.1) is 6.92 Å². The smallest absolute Gasteiger partial charge is 0.245 e. The Labute approximate surface area is 193 Å². The Hall–Kier alpha value is -2.65. The molecule has 0 aliphatic carbocycles. The average Bonchev–Trinajstić information content (AvgIpc) is 3.04. The molecule has 9 heteroatoms. The Balaban J connectivity index is 1.66. The first kappa shape index (κ1) is 24.0. The molecule has 1 aromatic heterocycles. The third kappa shape index (κ3) is 6.43. The van der Waals surface area contributed by atoms with Gasteiger partial charge in [-0.2, -0.15) is 0 Å². The number of aromatic nitrogens is 1. The van der Waals surface area contributed by atoms with E-state index in [0.717, 1.165) is 42.3 Å². The maximum atomic E-state index is 13.4. The summed E-state index contributed by atoms with van der Waals surface area (Å²) in [5.41, 5.74) is 1.97. The van der Waals surface area contributed by atoms with Gasteiger partial charge in [0.25, 0.3) is 0 Å². The maximum Gasteiger partial charge on any atom is 0.245 e. The zero-order chi connectivity index (χ0) is 23.1. The summed E-state index contributed by atoms with van der Waals surface area (Å²) in [4.78, 5) is 34.0. The first-order valence-corrected chi connectivity index (χ1v) is 11.7. The standard InChI is InChI=1S/C23H32N4O4S/c1-16(28)24-20(12-18-6-7-21(30-3)22(13-18)31-4)23(29)27-9-5-8-26(10-11-27)14-19-15-32-17(2)25-19/h6-7,13,15,20H,5,8-12,14H2,1-4H3,(H,24,28). The minimum absolute atomic E-state index is 0.0543. The molecule has 1 aliphatic heterocycles. The average molecular weight is 461 g/mol. The van der Waals surface area contributed by atoms with Crippen LogP contribution in [0.5, 0.6) is 11.5 Å². The van der Waals surface area contributed by atoms with E-state index in [1.807, 2.05) is 30.0 Å². The topological polar surface area (TPSA) is 84.0 Å². The van der Waals surface area contributed by atoms with Crippen molar-refractivity contribution in [2.45, 2.75) is 39.3 Å². The Morgan fingerprint density at radius 3 is 2.59 bits per heavy atom. The minimum atomic E-state index is -0.627. The molecule has 3 rings (SSSR count). The maximum absolute atomic E-state index is 13.4. The summed E-state index contributed by atoms with van der Waals surface area (Å²) in [5, 5.41) is 6.01. The number of hydrogen-bond donors (Lipinski definition) is 1. The molecule has 32 heavy (non-hydrogen) atoms. The highest BCUT2D eigenvalue weighted by atomic mass is 32.1. The second-order valence-electron chi connectivity index (χ2n) is 7.96. The first-order chi connectivity index (χ1) is 15.4. The largest absolute Gasteiger partial charge is 0.493 e. The van der Waals surface area contributed by atoms with E-state index in [1.54, 1.807) is 25.6 Å². The van der Waals surface area contributed by atoms with Crippen LogP contribution in [0.4, 0.5) is 0 Å². The molecule has 174 valence electrons. The highest BCUT2D eigenvalue weighted by Gasteiger charge is 2.27. The van der Waals surface area contributed by atoms with Crippen molar-refractivity contribution in [3.8, 4) is 11.5 Å². The number of carbonyl (C=O) groups excluding carboxylic acids is 2. The van der Waals surface area contributed by atoms with Crippen molar-refractivity contribution < 1.29 is 19.1 Å². The van der Waals surface area contributed by atoms with Gasteiger partial charge in [-0.15, -0.1) is 11.3 Å². The molecule has 0 spiro atoms. The Kier molecular flexibility index (Phi) is 8.46. The molecular weight excluding hydrogens is 428 g/mol. The van der Waals surface area contributed by atoms with Crippen LogP contribution in [0.3, 0.4) is 0 Å². The predicted molar refractivity (Wildman–Crippen MR) is 124 cm³/mol. The molecule has 1 aliphatic rings. The van der Waals surface area contributed by atoms with Crippen molar-refractivity contribution in [1.82, 2.24) is 20.1 Å². The quantitative estimate of drug-likeness (QED) is 0.651. The zero-order valence-corrected chi connectivity index (χ0v) is 20.0. The van der Waals surface area contributed by atoms with Gasteiger partial charge >= 0.3 is 0 Å². The fourth-order valence-corrected chi connectivity index (χ4v) is 4.57. The van der Waals surface area contributed by atoms with E-state index < -0.39 is 6.04 Å². The van der Waals surface area contributed by atoms with Gasteiger partial charge in [0.1, 0.15) is 6.04 Å². The third-order valence-corrected chi connectivity index (χ3v) is 6.34. The number of aryl methyl sites for hydroxylation is 1. The second kappa shape index (κ2) is 11.3. The molecule has 1 unspecified atom stereocenters. The van der Waals surface area contributed by atoms with Gasteiger partial charge in [-0.25, -0.2) is 4.98 Å². The van der Waals surface area contributed by atoms with E-state index in [-0.39, 0.29) is 11.8 Å². The highest BCUT2D eigenvalue weighted by Crippen LogP contribution is 2.28. The van der Waals surface area contributed by atoms with Crippen LogP contribution in [-0.2, 0) is 22.6 Å².